The maximum absolute atomic E-state index is 13.6. The van der Waals surface area contributed by atoms with E-state index in [0.717, 1.165) is 17.7 Å². The van der Waals surface area contributed by atoms with Gasteiger partial charge in [0.1, 0.15) is 28.6 Å². The Bertz CT molecular complexity index is 5330. The SMILES string of the molecule is CC(=O)c1ccccc1C(=O)NCc1ccc(C(=O)O)c(Cl)c1.CC(=O)c1ccccc1C(=O)NCc1ccc(C(=O)O)c(F)c1.COc1ccc(C(=O)NCc2ccc(C(C)=O)cc2)c(C(=O)O)c1.COc1cccc(C(=O)NCc2ccc(C(=O)O)cc2)c1C(=O)O.COc1cccc(C(=O)O)c1C(=O)NCc1ccc(C(=O)O)cc1. The van der Waals surface area contributed by atoms with Crippen molar-refractivity contribution in [2.75, 3.05) is 21.3 Å². The molecule has 5 amide bonds. The van der Waals surface area contributed by atoms with Crippen molar-refractivity contribution in [3.8, 4) is 17.2 Å². The first-order chi connectivity index (χ1) is 56.1. The molecule has 0 aliphatic rings. The zero-order valence-corrected chi connectivity index (χ0v) is 64.2. The lowest BCUT2D eigenvalue weighted by atomic mass is 10.0. The van der Waals surface area contributed by atoms with Crippen molar-refractivity contribution in [2.45, 2.75) is 53.5 Å². The summed E-state index contributed by atoms with van der Waals surface area (Å²) in [6.45, 7) is 4.91. The first-order valence-corrected chi connectivity index (χ1v) is 35.1. The third-order valence-corrected chi connectivity index (χ3v) is 17.1. The molecule has 10 aromatic carbocycles. The molecular formula is C86H75ClFN5O25. The number of benzene rings is 10. The van der Waals surface area contributed by atoms with Crippen LogP contribution in [0.15, 0.2) is 212 Å². The van der Waals surface area contributed by atoms with E-state index in [1.54, 1.807) is 97.1 Å². The smallest absolute Gasteiger partial charge is 0.340 e. The molecule has 118 heavy (non-hydrogen) atoms. The number of hydrogen-bond donors (Lipinski definition) is 12. The minimum Gasteiger partial charge on any atom is -0.497 e. The van der Waals surface area contributed by atoms with Gasteiger partial charge >= 0.3 is 41.8 Å². The Hall–Kier alpha value is -15.5. The highest BCUT2D eigenvalue weighted by Gasteiger charge is 2.25. The number of carbonyl (C=O) groups excluding carboxylic acids is 8. The quantitative estimate of drug-likeness (QED) is 0.0203. The molecule has 12 N–H and O–H groups in total. The summed E-state index contributed by atoms with van der Waals surface area (Å²) in [7, 11) is 4.10. The molecule has 10 rings (SSSR count). The van der Waals surface area contributed by atoms with Crippen LogP contribution in [0.25, 0.3) is 0 Å². The van der Waals surface area contributed by atoms with Gasteiger partial charge in [0.05, 0.1) is 87.5 Å². The number of halogens is 2. The van der Waals surface area contributed by atoms with Crippen LogP contribution in [-0.4, -0.2) is 146 Å². The van der Waals surface area contributed by atoms with Crippen LogP contribution in [-0.2, 0) is 32.7 Å². The zero-order chi connectivity index (χ0) is 87.0. The van der Waals surface area contributed by atoms with Gasteiger partial charge in [-0.15, -0.1) is 0 Å². The zero-order valence-electron chi connectivity index (χ0n) is 63.5. The van der Waals surface area contributed by atoms with Crippen molar-refractivity contribution in [3.05, 3.63) is 334 Å². The summed E-state index contributed by atoms with van der Waals surface area (Å²) in [5, 5.41) is 76.3. The predicted molar refractivity (Wildman–Crippen MR) is 424 cm³/mol. The number of rotatable bonds is 28. The van der Waals surface area contributed by atoms with Gasteiger partial charge in [0.25, 0.3) is 29.5 Å². The third kappa shape index (κ3) is 26.3. The largest absolute Gasteiger partial charge is 0.497 e. The summed E-state index contributed by atoms with van der Waals surface area (Å²) in [5.41, 5.74) is 4.39. The van der Waals surface area contributed by atoms with Crippen LogP contribution in [0.5, 0.6) is 17.2 Å². The number of nitrogens with one attached hydrogen (secondary N) is 5. The van der Waals surface area contributed by atoms with Crippen molar-refractivity contribution in [1.82, 2.24) is 26.6 Å². The van der Waals surface area contributed by atoms with E-state index >= 15 is 0 Å². The Morgan fingerprint density at radius 3 is 0.983 bits per heavy atom. The van der Waals surface area contributed by atoms with Crippen molar-refractivity contribution in [3.63, 3.8) is 0 Å². The Morgan fingerprint density at radius 1 is 0.288 bits per heavy atom. The maximum atomic E-state index is 13.6. The van der Waals surface area contributed by atoms with E-state index in [0.29, 0.717) is 50.3 Å². The lowest BCUT2D eigenvalue weighted by Crippen LogP contribution is -2.25. The minimum absolute atomic E-state index is 0.00340. The van der Waals surface area contributed by atoms with Gasteiger partial charge in [-0.05, 0) is 152 Å². The molecule has 0 saturated heterocycles. The van der Waals surface area contributed by atoms with Gasteiger partial charge in [0.2, 0.25) is 0 Å². The topological polar surface area (TPSA) is 485 Å². The number of carboxylic acids is 7. The fourth-order valence-electron chi connectivity index (χ4n) is 10.7. The molecule has 0 atom stereocenters. The van der Waals surface area contributed by atoms with Crippen LogP contribution in [0.3, 0.4) is 0 Å². The molecule has 0 saturated carbocycles. The maximum Gasteiger partial charge on any atom is 0.340 e. The molecule has 30 nitrogen and oxygen atoms in total. The molecule has 32 heteroatoms. The average Bonchev–Trinajstić information content (AvgIpc) is 0.818. The van der Waals surface area contributed by atoms with Crippen LogP contribution in [0, 0.1) is 5.82 Å². The van der Waals surface area contributed by atoms with Crippen LogP contribution in [0.4, 0.5) is 4.39 Å². The fraction of sp³-hybridized carbons (Fsp3) is 0.128. The Balaban J connectivity index is 0.000000229. The second-order valence-electron chi connectivity index (χ2n) is 24.7. The predicted octanol–water partition coefficient (Wildman–Crippen LogP) is 12.4. The second-order valence-corrected chi connectivity index (χ2v) is 25.1. The van der Waals surface area contributed by atoms with Crippen molar-refractivity contribution < 1.29 is 126 Å². The van der Waals surface area contributed by atoms with Crippen LogP contribution < -0.4 is 40.8 Å². The second kappa shape index (κ2) is 44.1. The molecule has 0 aromatic heterocycles. The number of ketones is 3. The average molecular weight is 1630 g/mol. The summed E-state index contributed by atoms with van der Waals surface area (Å²) in [6, 6.07) is 52.8. The summed E-state index contributed by atoms with van der Waals surface area (Å²) in [6.07, 6.45) is 0. The summed E-state index contributed by atoms with van der Waals surface area (Å²) in [5.74, 6) is -11.4. The van der Waals surface area contributed by atoms with Crippen molar-refractivity contribution >= 4 is 100 Å². The lowest BCUT2D eigenvalue weighted by molar-refractivity contribution is 0.0679. The molecule has 608 valence electrons. The first-order valence-electron chi connectivity index (χ1n) is 34.7. The summed E-state index contributed by atoms with van der Waals surface area (Å²) in [4.78, 5) is 173. The Morgan fingerprint density at radius 2 is 0.619 bits per heavy atom. The van der Waals surface area contributed by atoms with Gasteiger partial charge in [-0.3, -0.25) is 38.4 Å². The van der Waals surface area contributed by atoms with E-state index in [1.807, 2.05) is 0 Å². The van der Waals surface area contributed by atoms with Crippen LogP contribution >= 0.6 is 11.6 Å². The van der Waals surface area contributed by atoms with Crippen LogP contribution in [0.1, 0.15) is 204 Å². The van der Waals surface area contributed by atoms with Gasteiger partial charge in [-0.1, -0.05) is 121 Å². The number of aromatic carboxylic acids is 7. The third-order valence-electron chi connectivity index (χ3n) is 16.8. The highest BCUT2D eigenvalue weighted by atomic mass is 35.5. The number of Topliss-reactive ketones (excluding diaryl/α,β-unsaturated/α-hetero) is 3. The molecule has 0 bridgehead atoms. The Kier molecular flexibility index (Phi) is 34.1. The number of amides is 5. The van der Waals surface area contributed by atoms with E-state index < -0.39 is 76.8 Å². The Labute approximate surface area is 676 Å². The summed E-state index contributed by atoms with van der Waals surface area (Å²) < 4.78 is 28.6. The fourth-order valence-corrected chi connectivity index (χ4v) is 11.0. The molecule has 0 heterocycles. The minimum atomic E-state index is -1.35. The molecular weight excluding hydrogens is 1560 g/mol. The van der Waals surface area contributed by atoms with Crippen molar-refractivity contribution in [2.24, 2.45) is 0 Å². The monoisotopic (exact) mass is 1630 g/mol. The standard InChI is InChI=1S/C18H17NO5.C17H14ClNO4.C17H14FNO4.2C17H15NO6/c1-11(20)13-5-3-12(4-6-13)10-19-17(21)15-8-7-14(24-2)9-16(15)18(22)23;2*1-10(20)12-4-2-3-5-13(12)16(21)19-9-11-6-7-14(17(22)23)15(18)8-11;1-24-13-4-2-3-12(17(22)23)14(13)15(19)18-9-10-5-7-11(8-6-10)16(20)21;1-24-13-4-2-3-12(14(13)17(22)23)15(19)18-9-10-5-7-11(8-6-10)16(20)21/h3-9H,10H2,1-2H3,(H,19,21)(H,22,23);2*2-8H,9H2,1H3,(H,19,21)(H,22,23);2*2-8H,9H2,1H3,(H,18,19)(H,20,21)(H,22,23). The molecule has 10 aromatic rings. The molecule has 0 aliphatic carbocycles. The first kappa shape index (κ1) is 91.3. The number of hydrogen-bond acceptors (Lipinski definition) is 18. The van der Waals surface area contributed by atoms with E-state index in [-0.39, 0.29) is 128 Å². The van der Waals surface area contributed by atoms with E-state index in [2.05, 4.69) is 26.6 Å². The molecule has 0 unspecified atom stereocenters. The van der Waals surface area contributed by atoms with Gasteiger partial charge in [0, 0.05) is 49.4 Å². The molecule has 0 radical (unpaired) electrons. The number of methoxy groups -OCH3 is 3. The van der Waals surface area contributed by atoms with Gasteiger partial charge in [0.15, 0.2) is 17.3 Å². The molecule has 0 spiro atoms. The van der Waals surface area contributed by atoms with Gasteiger partial charge in [-0.2, -0.15) is 0 Å². The number of ether oxygens (including phenoxy) is 3. The molecule has 0 aliphatic heterocycles. The number of carbonyl (C=O) groups is 15. The number of carboxylic acid groups (broad SMARTS) is 7. The summed E-state index contributed by atoms with van der Waals surface area (Å²) >= 11 is 5.89. The van der Waals surface area contributed by atoms with Crippen molar-refractivity contribution in [1.29, 1.82) is 0 Å². The highest BCUT2D eigenvalue weighted by Crippen LogP contribution is 2.26. The lowest BCUT2D eigenvalue weighted by Gasteiger charge is -2.12. The van der Waals surface area contributed by atoms with Gasteiger partial charge in [-0.25, -0.2) is 38.0 Å². The normalized spacial score (nSPS) is 10.1. The van der Waals surface area contributed by atoms with E-state index in [1.165, 1.54) is 145 Å². The van der Waals surface area contributed by atoms with E-state index in [9.17, 15) is 91.6 Å². The van der Waals surface area contributed by atoms with Gasteiger partial charge < -0.3 is 76.5 Å². The van der Waals surface area contributed by atoms with Crippen LogP contribution in [0.2, 0.25) is 5.02 Å². The van der Waals surface area contributed by atoms with E-state index in [4.69, 9.17) is 46.2 Å². The highest BCUT2D eigenvalue weighted by molar-refractivity contribution is 6.33. The molecule has 0 fully saturated rings.